The van der Waals surface area contributed by atoms with Crippen molar-refractivity contribution in [3.63, 3.8) is 0 Å². The van der Waals surface area contributed by atoms with Crippen LogP contribution in [0.15, 0.2) is 47.2 Å². The summed E-state index contributed by atoms with van der Waals surface area (Å²) in [6.45, 7) is 0. The normalized spacial score (nSPS) is 10.5. The Labute approximate surface area is 136 Å². The number of aryl methyl sites for hydroxylation is 1. The zero-order chi connectivity index (χ0) is 16.4. The van der Waals surface area contributed by atoms with E-state index in [0.29, 0.717) is 22.6 Å². The van der Waals surface area contributed by atoms with Gasteiger partial charge in [0.15, 0.2) is 0 Å². The number of aromatic nitrogens is 2. The summed E-state index contributed by atoms with van der Waals surface area (Å²) >= 11 is 1.30. The van der Waals surface area contributed by atoms with Crippen LogP contribution in [-0.2, 0) is 7.05 Å². The van der Waals surface area contributed by atoms with Crippen molar-refractivity contribution in [3.8, 4) is 11.3 Å². The maximum atomic E-state index is 12.4. The first-order chi connectivity index (χ1) is 11.1. The van der Waals surface area contributed by atoms with Crippen LogP contribution < -0.4 is 11.1 Å². The summed E-state index contributed by atoms with van der Waals surface area (Å²) in [5.41, 5.74) is 8.02. The fraction of sp³-hybridized carbons (Fsp3) is 0.0625. The summed E-state index contributed by atoms with van der Waals surface area (Å²) in [5.74, 6) is -0.917. The molecule has 0 saturated carbocycles. The fourth-order valence-electron chi connectivity index (χ4n) is 2.20. The minimum Gasteiger partial charge on any atom is -0.366 e. The standard InChI is InChI=1S/C16H14N4O2S/c1-20-14(7-12(19-20)10-5-3-2-4-6-10)16(22)18-13-9-23-8-11(13)15(17)21/h2-9H,1H3,(H2,17,21)(H,18,22). The van der Waals surface area contributed by atoms with E-state index in [1.165, 1.54) is 16.0 Å². The number of nitrogens with two attached hydrogens (primary N) is 1. The van der Waals surface area contributed by atoms with Crippen LogP contribution >= 0.6 is 11.3 Å². The Balaban J connectivity index is 1.87. The van der Waals surface area contributed by atoms with Crippen molar-refractivity contribution in [2.24, 2.45) is 12.8 Å². The first-order valence-electron chi connectivity index (χ1n) is 6.83. The van der Waals surface area contributed by atoms with Crippen molar-refractivity contribution in [2.75, 3.05) is 5.32 Å². The highest BCUT2D eigenvalue weighted by atomic mass is 32.1. The molecule has 6 nitrogen and oxygen atoms in total. The molecule has 0 spiro atoms. The minimum absolute atomic E-state index is 0.300. The molecule has 0 bridgehead atoms. The van der Waals surface area contributed by atoms with Gasteiger partial charge in [0, 0.05) is 23.4 Å². The van der Waals surface area contributed by atoms with Crippen LogP contribution in [0.25, 0.3) is 11.3 Å². The Morgan fingerprint density at radius 2 is 1.96 bits per heavy atom. The number of amides is 2. The van der Waals surface area contributed by atoms with Gasteiger partial charge in [0.25, 0.3) is 11.8 Å². The monoisotopic (exact) mass is 326 g/mol. The number of nitrogens with one attached hydrogen (secondary N) is 1. The lowest BCUT2D eigenvalue weighted by molar-refractivity contribution is 0.100. The van der Waals surface area contributed by atoms with E-state index in [4.69, 9.17) is 5.73 Å². The van der Waals surface area contributed by atoms with E-state index >= 15 is 0 Å². The molecule has 1 aromatic carbocycles. The van der Waals surface area contributed by atoms with Crippen molar-refractivity contribution < 1.29 is 9.59 Å². The minimum atomic E-state index is -0.573. The molecule has 2 aromatic heterocycles. The molecule has 0 atom stereocenters. The number of primary amides is 1. The third-order valence-electron chi connectivity index (χ3n) is 3.36. The number of anilines is 1. The van der Waals surface area contributed by atoms with Gasteiger partial charge in [-0.2, -0.15) is 5.10 Å². The smallest absolute Gasteiger partial charge is 0.273 e. The second kappa shape index (κ2) is 6.05. The number of nitrogens with zero attached hydrogens (tertiary/aromatic N) is 2. The summed E-state index contributed by atoms with van der Waals surface area (Å²) in [7, 11) is 1.70. The van der Waals surface area contributed by atoms with Gasteiger partial charge in [0.1, 0.15) is 5.69 Å². The van der Waals surface area contributed by atoms with Crippen LogP contribution in [-0.4, -0.2) is 21.6 Å². The number of benzene rings is 1. The lowest BCUT2D eigenvalue weighted by atomic mass is 10.1. The average Bonchev–Trinajstić information content (AvgIpc) is 3.14. The highest BCUT2D eigenvalue weighted by Gasteiger charge is 2.17. The SMILES string of the molecule is Cn1nc(-c2ccccc2)cc1C(=O)Nc1cscc1C(N)=O. The first kappa shape index (κ1) is 15.0. The maximum absolute atomic E-state index is 12.4. The second-order valence-electron chi connectivity index (χ2n) is 4.92. The van der Waals surface area contributed by atoms with E-state index in [1.54, 1.807) is 23.9 Å². The van der Waals surface area contributed by atoms with E-state index in [-0.39, 0.29) is 5.91 Å². The first-order valence-corrected chi connectivity index (χ1v) is 7.77. The Bertz CT molecular complexity index is 867. The van der Waals surface area contributed by atoms with Crippen molar-refractivity contribution in [1.82, 2.24) is 9.78 Å². The molecular weight excluding hydrogens is 312 g/mol. The van der Waals surface area contributed by atoms with Crippen LogP contribution in [0.5, 0.6) is 0 Å². The van der Waals surface area contributed by atoms with Gasteiger partial charge in [-0.1, -0.05) is 30.3 Å². The van der Waals surface area contributed by atoms with E-state index in [2.05, 4.69) is 10.4 Å². The van der Waals surface area contributed by atoms with Gasteiger partial charge >= 0.3 is 0 Å². The quantitative estimate of drug-likeness (QED) is 0.772. The average molecular weight is 326 g/mol. The van der Waals surface area contributed by atoms with Crippen LogP contribution in [0, 0.1) is 0 Å². The van der Waals surface area contributed by atoms with Crippen LogP contribution in [0.4, 0.5) is 5.69 Å². The van der Waals surface area contributed by atoms with Gasteiger partial charge in [0.05, 0.1) is 16.9 Å². The highest BCUT2D eigenvalue weighted by Crippen LogP contribution is 2.22. The molecule has 2 amide bonds. The van der Waals surface area contributed by atoms with Crippen LogP contribution in [0.1, 0.15) is 20.8 Å². The van der Waals surface area contributed by atoms with E-state index in [1.807, 2.05) is 30.3 Å². The van der Waals surface area contributed by atoms with E-state index in [9.17, 15) is 9.59 Å². The summed E-state index contributed by atoms with van der Waals surface area (Å²) in [6.07, 6.45) is 0. The number of rotatable bonds is 4. The number of hydrogen-bond acceptors (Lipinski definition) is 4. The van der Waals surface area contributed by atoms with Crippen molar-refractivity contribution in [3.05, 3.63) is 58.4 Å². The number of carbonyl (C=O) groups excluding carboxylic acids is 2. The number of hydrogen-bond donors (Lipinski definition) is 2. The largest absolute Gasteiger partial charge is 0.366 e. The molecule has 0 fully saturated rings. The van der Waals surface area contributed by atoms with Gasteiger partial charge in [0.2, 0.25) is 0 Å². The van der Waals surface area contributed by atoms with Crippen LogP contribution in [0.3, 0.4) is 0 Å². The number of carbonyl (C=O) groups is 2. The summed E-state index contributed by atoms with van der Waals surface area (Å²) in [6, 6.07) is 11.3. The van der Waals surface area contributed by atoms with Crippen molar-refractivity contribution >= 4 is 28.8 Å². The molecule has 7 heteroatoms. The molecule has 3 rings (SSSR count). The Kier molecular flexibility index (Phi) is 3.94. The zero-order valence-corrected chi connectivity index (χ0v) is 13.1. The molecular formula is C16H14N4O2S. The predicted molar refractivity (Wildman–Crippen MR) is 89.4 cm³/mol. The Morgan fingerprint density at radius 3 is 2.65 bits per heavy atom. The summed E-state index contributed by atoms with van der Waals surface area (Å²) in [5, 5.41) is 10.3. The highest BCUT2D eigenvalue weighted by molar-refractivity contribution is 7.08. The van der Waals surface area contributed by atoms with Gasteiger partial charge in [-0.3, -0.25) is 14.3 Å². The summed E-state index contributed by atoms with van der Waals surface area (Å²) in [4.78, 5) is 23.7. The maximum Gasteiger partial charge on any atom is 0.273 e. The summed E-state index contributed by atoms with van der Waals surface area (Å²) < 4.78 is 1.51. The second-order valence-corrected chi connectivity index (χ2v) is 5.67. The predicted octanol–water partition coefficient (Wildman–Crippen LogP) is 2.50. The molecule has 0 radical (unpaired) electrons. The number of thiophene rings is 1. The Morgan fingerprint density at radius 1 is 1.22 bits per heavy atom. The molecule has 0 unspecified atom stereocenters. The lowest BCUT2D eigenvalue weighted by Gasteiger charge is -2.04. The van der Waals surface area contributed by atoms with Crippen molar-refractivity contribution in [1.29, 1.82) is 0 Å². The van der Waals surface area contributed by atoms with E-state index < -0.39 is 5.91 Å². The molecule has 0 aliphatic carbocycles. The Hall–Kier alpha value is -2.93. The molecule has 3 aromatic rings. The zero-order valence-electron chi connectivity index (χ0n) is 12.3. The molecule has 0 aliphatic rings. The van der Waals surface area contributed by atoms with Gasteiger partial charge in [-0.05, 0) is 6.07 Å². The van der Waals surface area contributed by atoms with Crippen molar-refractivity contribution in [2.45, 2.75) is 0 Å². The van der Waals surface area contributed by atoms with Crippen LogP contribution in [0.2, 0.25) is 0 Å². The topological polar surface area (TPSA) is 90.0 Å². The third-order valence-corrected chi connectivity index (χ3v) is 4.10. The van der Waals surface area contributed by atoms with E-state index in [0.717, 1.165) is 5.56 Å². The molecule has 0 aliphatic heterocycles. The lowest BCUT2D eigenvalue weighted by Crippen LogP contribution is -2.19. The molecule has 116 valence electrons. The molecule has 0 saturated heterocycles. The molecule has 2 heterocycles. The fourth-order valence-corrected chi connectivity index (χ4v) is 2.97. The third kappa shape index (κ3) is 3.00. The molecule has 23 heavy (non-hydrogen) atoms. The van der Waals surface area contributed by atoms with Gasteiger partial charge < -0.3 is 11.1 Å². The molecule has 3 N–H and O–H groups in total. The van der Waals surface area contributed by atoms with Gasteiger partial charge in [-0.25, -0.2) is 0 Å². The van der Waals surface area contributed by atoms with Gasteiger partial charge in [-0.15, -0.1) is 11.3 Å².